The lowest BCUT2D eigenvalue weighted by molar-refractivity contribution is 0.669. The molecule has 0 aliphatic carbocycles. The second-order valence-electron chi connectivity index (χ2n) is 10.6. The number of fused-ring (bicyclic) bond motifs is 3. The van der Waals surface area contributed by atoms with Gasteiger partial charge < -0.3 is 4.42 Å². The van der Waals surface area contributed by atoms with Crippen LogP contribution in [0.3, 0.4) is 0 Å². The number of para-hydroxylation sites is 1. The van der Waals surface area contributed by atoms with Gasteiger partial charge in [0.05, 0.1) is 17.1 Å². The molecule has 210 valence electrons. The van der Waals surface area contributed by atoms with Crippen LogP contribution in [0.2, 0.25) is 0 Å². The van der Waals surface area contributed by atoms with Crippen molar-refractivity contribution in [2.75, 3.05) is 0 Å². The first-order chi connectivity index (χ1) is 21.7. The van der Waals surface area contributed by atoms with Gasteiger partial charge in [-0.1, -0.05) is 122 Å². The van der Waals surface area contributed by atoms with Crippen molar-refractivity contribution in [1.82, 2.24) is 15.0 Å². The molecule has 0 saturated carbocycles. The zero-order chi connectivity index (χ0) is 29.9. The third kappa shape index (κ3) is 5.14. The summed E-state index contributed by atoms with van der Waals surface area (Å²) < 4.78 is 6.17. The SMILES string of the molecule is C=C/C=C\C=C(/C)c1nc(-c2ccccc2)cc(-c2ccc(-c3cccnc3-c3cccc4oc5ccccc5c34)cc2)n1. The minimum atomic E-state index is 0.689. The summed E-state index contributed by atoms with van der Waals surface area (Å²) in [4.78, 5) is 14.7. The fourth-order valence-electron chi connectivity index (χ4n) is 5.53. The van der Waals surface area contributed by atoms with Crippen LogP contribution >= 0.6 is 0 Å². The van der Waals surface area contributed by atoms with Gasteiger partial charge in [0.1, 0.15) is 11.2 Å². The highest BCUT2D eigenvalue weighted by molar-refractivity contribution is 6.13. The zero-order valence-electron chi connectivity index (χ0n) is 24.3. The summed E-state index contributed by atoms with van der Waals surface area (Å²) in [6, 6.07) is 39.2. The number of allylic oxidation sites excluding steroid dienone is 5. The van der Waals surface area contributed by atoms with E-state index in [-0.39, 0.29) is 0 Å². The Balaban J connectivity index is 1.31. The molecule has 0 atom stereocenters. The van der Waals surface area contributed by atoms with Crippen molar-refractivity contribution in [3.05, 3.63) is 158 Å². The van der Waals surface area contributed by atoms with E-state index in [9.17, 15) is 0 Å². The minimum Gasteiger partial charge on any atom is -0.456 e. The maximum Gasteiger partial charge on any atom is 0.156 e. The van der Waals surface area contributed by atoms with E-state index in [0.29, 0.717) is 5.82 Å². The second kappa shape index (κ2) is 11.8. The van der Waals surface area contributed by atoms with Gasteiger partial charge in [0.15, 0.2) is 5.82 Å². The summed E-state index contributed by atoms with van der Waals surface area (Å²) in [6.45, 7) is 5.78. The summed E-state index contributed by atoms with van der Waals surface area (Å²) in [5.41, 5.74) is 10.6. The van der Waals surface area contributed by atoms with Gasteiger partial charge in [-0.25, -0.2) is 9.97 Å². The number of pyridine rings is 1. The van der Waals surface area contributed by atoms with E-state index < -0.39 is 0 Å². The van der Waals surface area contributed by atoms with Crippen LogP contribution in [0.1, 0.15) is 12.7 Å². The first-order valence-electron chi connectivity index (χ1n) is 14.6. The van der Waals surface area contributed by atoms with E-state index in [2.05, 4.69) is 67.2 Å². The quantitative estimate of drug-likeness (QED) is 0.180. The molecule has 0 unspecified atom stereocenters. The van der Waals surface area contributed by atoms with E-state index >= 15 is 0 Å². The van der Waals surface area contributed by atoms with Crippen LogP contribution in [-0.2, 0) is 0 Å². The summed E-state index contributed by atoms with van der Waals surface area (Å²) in [5.74, 6) is 0.689. The highest BCUT2D eigenvalue weighted by Crippen LogP contribution is 2.39. The summed E-state index contributed by atoms with van der Waals surface area (Å²) >= 11 is 0. The summed E-state index contributed by atoms with van der Waals surface area (Å²) in [6.07, 6.45) is 9.46. The van der Waals surface area contributed by atoms with E-state index in [1.807, 2.05) is 85.9 Å². The molecule has 0 fully saturated rings. The van der Waals surface area contributed by atoms with E-state index in [1.165, 1.54) is 0 Å². The van der Waals surface area contributed by atoms with Crippen molar-refractivity contribution >= 4 is 27.5 Å². The van der Waals surface area contributed by atoms with Crippen LogP contribution < -0.4 is 0 Å². The number of hydrogen-bond donors (Lipinski definition) is 0. The molecule has 0 aliphatic rings. The lowest BCUT2D eigenvalue weighted by atomic mass is 9.95. The molecule has 0 amide bonds. The molecule has 3 heterocycles. The van der Waals surface area contributed by atoms with Gasteiger partial charge in [-0.15, -0.1) is 0 Å². The number of nitrogens with zero attached hydrogens (tertiary/aromatic N) is 3. The Morgan fingerprint density at radius 1 is 0.659 bits per heavy atom. The van der Waals surface area contributed by atoms with Crippen LogP contribution in [0.25, 0.3) is 72.4 Å². The molecule has 0 bridgehead atoms. The molecule has 0 saturated heterocycles. The Morgan fingerprint density at radius 3 is 2.14 bits per heavy atom. The molecule has 7 aromatic rings. The van der Waals surface area contributed by atoms with E-state index in [0.717, 1.165) is 72.4 Å². The van der Waals surface area contributed by atoms with Crippen molar-refractivity contribution in [3.8, 4) is 44.9 Å². The highest BCUT2D eigenvalue weighted by atomic mass is 16.3. The molecule has 44 heavy (non-hydrogen) atoms. The Bertz CT molecular complexity index is 2190. The Hall–Kier alpha value is -5.87. The predicted molar refractivity (Wildman–Crippen MR) is 182 cm³/mol. The molecular formula is C40H29N3O. The maximum atomic E-state index is 6.17. The van der Waals surface area contributed by atoms with Crippen LogP contribution in [0.15, 0.2) is 157 Å². The molecule has 4 aromatic carbocycles. The molecule has 0 aliphatic heterocycles. The first-order valence-corrected chi connectivity index (χ1v) is 14.6. The highest BCUT2D eigenvalue weighted by Gasteiger charge is 2.17. The van der Waals surface area contributed by atoms with Gasteiger partial charge in [0, 0.05) is 39.2 Å². The smallest absolute Gasteiger partial charge is 0.156 e. The first kappa shape index (κ1) is 27.0. The lowest BCUT2D eigenvalue weighted by Crippen LogP contribution is -1.98. The third-order valence-corrected chi connectivity index (χ3v) is 7.70. The van der Waals surface area contributed by atoms with Crippen molar-refractivity contribution in [2.45, 2.75) is 6.92 Å². The van der Waals surface area contributed by atoms with E-state index in [4.69, 9.17) is 19.4 Å². The molecule has 3 aromatic heterocycles. The average molecular weight is 568 g/mol. The predicted octanol–water partition coefficient (Wildman–Crippen LogP) is 10.6. The largest absolute Gasteiger partial charge is 0.456 e. The third-order valence-electron chi connectivity index (χ3n) is 7.70. The van der Waals surface area contributed by atoms with Gasteiger partial charge in [-0.3, -0.25) is 4.98 Å². The lowest BCUT2D eigenvalue weighted by Gasteiger charge is -2.12. The van der Waals surface area contributed by atoms with Crippen molar-refractivity contribution in [1.29, 1.82) is 0 Å². The van der Waals surface area contributed by atoms with Crippen LogP contribution in [0, 0.1) is 0 Å². The Kier molecular flexibility index (Phi) is 7.23. The van der Waals surface area contributed by atoms with Crippen molar-refractivity contribution < 1.29 is 4.42 Å². The second-order valence-corrected chi connectivity index (χ2v) is 10.6. The fraction of sp³-hybridized carbons (Fsp3) is 0.0250. The van der Waals surface area contributed by atoms with Crippen molar-refractivity contribution in [2.24, 2.45) is 0 Å². The number of hydrogen-bond acceptors (Lipinski definition) is 4. The molecule has 0 radical (unpaired) electrons. The van der Waals surface area contributed by atoms with Gasteiger partial charge >= 0.3 is 0 Å². The molecule has 0 N–H and O–H groups in total. The minimum absolute atomic E-state index is 0.689. The molecule has 4 heteroatoms. The Labute approximate surface area is 256 Å². The number of furan rings is 1. The number of rotatable bonds is 7. The van der Waals surface area contributed by atoms with Gasteiger partial charge in [-0.2, -0.15) is 0 Å². The topological polar surface area (TPSA) is 51.8 Å². The number of aromatic nitrogens is 3. The summed E-state index contributed by atoms with van der Waals surface area (Å²) in [5, 5.41) is 2.16. The fourth-order valence-corrected chi connectivity index (χ4v) is 5.53. The van der Waals surface area contributed by atoms with Crippen molar-refractivity contribution in [3.63, 3.8) is 0 Å². The molecule has 0 spiro atoms. The van der Waals surface area contributed by atoms with Crippen LogP contribution in [0.4, 0.5) is 0 Å². The standard InChI is InChI=1S/C40H29N3O/c1-3-4-6-13-27(2)40-42-34(29-14-7-5-8-15-29)26-35(43-40)30-23-21-28(22-24-30)31-18-12-25-41-39(31)33-17-11-20-37-38(33)32-16-9-10-19-36(32)44-37/h3-26H,1H2,2H3/b6-4-,27-13+. The van der Waals surface area contributed by atoms with Gasteiger partial charge in [-0.05, 0) is 42.3 Å². The molecule has 7 rings (SSSR count). The normalized spacial score (nSPS) is 11.9. The zero-order valence-corrected chi connectivity index (χ0v) is 24.3. The van der Waals surface area contributed by atoms with Crippen LogP contribution in [0.5, 0.6) is 0 Å². The van der Waals surface area contributed by atoms with E-state index in [1.54, 1.807) is 6.08 Å². The molecular weight excluding hydrogens is 538 g/mol. The monoisotopic (exact) mass is 567 g/mol. The van der Waals surface area contributed by atoms with Gasteiger partial charge in [0.25, 0.3) is 0 Å². The van der Waals surface area contributed by atoms with Gasteiger partial charge in [0.2, 0.25) is 0 Å². The maximum absolute atomic E-state index is 6.17. The average Bonchev–Trinajstić information content (AvgIpc) is 3.48. The molecule has 4 nitrogen and oxygen atoms in total. The summed E-state index contributed by atoms with van der Waals surface area (Å²) in [7, 11) is 0. The van der Waals surface area contributed by atoms with Crippen LogP contribution in [-0.4, -0.2) is 15.0 Å². The number of benzene rings is 4. The Morgan fingerprint density at radius 2 is 1.34 bits per heavy atom.